The summed E-state index contributed by atoms with van der Waals surface area (Å²) >= 11 is 6.02. The normalized spacial score (nSPS) is 16.9. The van der Waals surface area contributed by atoms with E-state index >= 15 is 0 Å². The first kappa shape index (κ1) is 16.8. The molecule has 0 bridgehead atoms. The largest absolute Gasteiger partial charge is 0.381 e. The first-order valence-electron chi connectivity index (χ1n) is 7.89. The minimum Gasteiger partial charge on any atom is -0.381 e. The molecule has 0 radical (unpaired) electrons. The van der Waals surface area contributed by atoms with Crippen molar-refractivity contribution in [2.45, 2.75) is 19.4 Å². The fourth-order valence-corrected chi connectivity index (χ4v) is 3.21. The van der Waals surface area contributed by atoms with E-state index in [-0.39, 0.29) is 24.9 Å². The molecule has 2 aromatic rings. The lowest BCUT2D eigenvalue weighted by Gasteiger charge is -2.34. The Kier molecular flexibility index (Phi) is 4.78. The third-order valence-electron chi connectivity index (χ3n) is 4.65. The van der Waals surface area contributed by atoms with E-state index < -0.39 is 5.41 Å². The zero-order valence-electron chi connectivity index (χ0n) is 13.3. The fourth-order valence-electron chi connectivity index (χ4n) is 3.05. The van der Waals surface area contributed by atoms with Gasteiger partial charge < -0.3 is 20.4 Å². The van der Waals surface area contributed by atoms with Crippen molar-refractivity contribution in [3.63, 3.8) is 0 Å². The Morgan fingerprint density at radius 3 is 2.75 bits per heavy atom. The van der Waals surface area contributed by atoms with Gasteiger partial charge in [0.2, 0.25) is 11.8 Å². The lowest BCUT2D eigenvalue weighted by Crippen LogP contribution is -2.50. The van der Waals surface area contributed by atoms with Gasteiger partial charge >= 0.3 is 0 Å². The number of rotatable bonds is 5. The number of nitrogens with two attached hydrogens (primary N) is 1. The molecule has 1 saturated heterocycles. The molecule has 7 heteroatoms. The van der Waals surface area contributed by atoms with Crippen LogP contribution in [0, 0.1) is 5.41 Å². The van der Waals surface area contributed by atoms with Gasteiger partial charge in [0, 0.05) is 36.5 Å². The summed E-state index contributed by atoms with van der Waals surface area (Å²) in [4.78, 5) is 24.1. The molecule has 1 aliphatic heterocycles. The van der Waals surface area contributed by atoms with E-state index in [9.17, 15) is 9.59 Å². The van der Waals surface area contributed by atoms with Gasteiger partial charge in [-0.2, -0.15) is 0 Å². The van der Waals surface area contributed by atoms with Crippen molar-refractivity contribution in [3.8, 4) is 0 Å². The third-order valence-corrected chi connectivity index (χ3v) is 4.88. The zero-order chi connectivity index (χ0) is 17.2. The van der Waals surface area contributed by atoms with Crippen LogP contribution in [-0.2, 0) is 20.9 Å². The smallest absolute Gasteiger partial charge is 0.239 e. The molecule has 1 aromatic heterocycles. The number of fused-ring (bicyclic) bond motifs is 1. The average Bonchev–Trinajstić information content (AvgIpc) is 2.96. The van der Waals surface area contributed by atoms with Crippen molar-refractivity contribution in [2.24, 2.45) is 11.1 Å². The van der Waals surface area contributed by atoms with Crippen LogP contribution in [0.15, 0.2) is 30.5 Å². The monoisotopic (exact) mass is 349 g/mol. The van der Waals surface area contributed by atoms with Crippen LogP contribution in [0.2, 0.25) is 5.02 Å². The molecule has 1 aliphatic rings. The first-order chi connectivity index (χ1) is 11.5. The third kappa shape index (κ3) is 3.39. The molecule has 0 spiro atoms. The molecule has 24 heavy (non-hydrogen) atoms. The van der Waals surface area contributed by atoms with E-state index in [0.717, 1.165) is 10.9 Å². The topological polar surface area (TPSA) is 86.4 Å². The van der Waals surface area contributed by atoms with Gasteiger partial charge in [-0.25, -0.2) is 0 Å². The molecule has 2 amide bonds. The second kappa shape index (κ2) is 6.83. The number of nitrogens with one attached hydrogen (secondary N) is 1. The van der Waals surface area contributed by atoms with Gasteiger partial charge in [-0.05, 0) is 36.4 Å². The van der Waals surface area contributed by atoms with E-state index in [1.54, 1.807) is 0 Å². The number of halogens is 1. The van der Waals surface area contributed by atoms with Crippen LogP contribution in [0.4, 0.5) is 0 Å². The first-order valence-corrected chi connectivity index (χ1v) is 8.27. The second-order valence-corrected chi connectivity index (χ2v) is 6.62. The van der Waals surface area contributed by atoms with Gasteiger partial charge in [-0.15, -0.1) is 0 Å². The van der Waals surface area contributed by atoms with Crippen LogP contribution in [0.5, 0.6) is 0 Å². The molecular weight excluding hydrogens is 330 g/mol. The number of amides is 2. The Morgan fingerprint density at radius 2 is 2.04 bits per heavy atom. The Labute approximate surface area is 144 Å². The van der Waals surface area contributed by atoms with Gasteiger partial charge in [-0.3, -0.25) is 9.59 Å². The van der Waals surface area contributed by atoms with Crippen molar-refractivity contribution in [1.29, 1.82) is 0 Å². The number of nitrogens with zero attached hydrogens (tertiary/aromatic N) is 1. The highest BCUT2D eigenvalue weighted by Gasteiger charge is 2.38. The van der Waals surface area contributed by atoms with E-state index in [0.29, 0.717) is 31.1 Å². The summed E-state index contributed by atoms with van der Waals surface area (Å²) in [5.74, 6) is -0.552. The summed E-state index contributed by atoms with van der Waals surface area (Å²) in [6, 6.07) is 7.49. The molecule has 0 atom stereocenters. The molecule has 128 valence electrons. The number of primary amides is 1. The van der Waals surface area contributed by atoms with E-state index in [1.807, 2.05) is 35.0 Å². The molecule has 1 aromatic carbocycles. The number of benzene rings is 1. The molecule has 6 nitrogen and oxygen atoms in total. The van der Waals surface area contributed by atoms with E-state index in [2.05, 4.69) is 5.32 Å². The summed E-state index contributed by atoms with van der Waals surface area (Å²) in [6.07, 6.45) is 2.91. The van der Waals surface area contributed by atoms with Crippen LogP contribution in [0.1, 0.15) is 12.8 Å². The second-order valence-electron chi connectivity index (χ2n) is 6.18. The quantitative estimate of drug-likeness (QED) is 0.861. The molecule has 3 rings (SSSR count). The predicted molar refractivity (Wildman–Crippen MR) is 91.6 cm³/mol. The lowest BCUT2D eigenvalue weighted by molar-refractivity contribution is -0.134. The predicted octanol–water partition coefficient (Wildman–Crippen LogP) is 1.69. The minimum atomic E-state index is -0.712. The van der Waals surface area contributed by atoms with Crippen molar-refractivity contribution in [1.82, 2.24) is 9.88 Å². The summed E-state index contributed by atoms with van der Waals surface area (Å²) in [5.41, 5.74) is 5.73. The molecule has 0 unspecified atom stereocenters. The van der Waals surface area contributed by atoms with Crippen molar-refractivity contribution in [3.05, 3.63) is 35.5 Å². The number of carbonyl (C=O) groups excluding carboxylic acids is 2. The maximum atomic E-state index is 12.3. The molecular formula is C17H20ClN3O3. The van der Waals surface area contributed by atoms with Crippen LogP contribution in [0.25, 0.3) is 10.9 Å². The Morgan fingerprint density at radius 1 is 1.29 bits per heavy atom. The highest BCUT2D eigenvalue weighted by Crippen LogP contribution is 2.29. The Bertz CT molecular complexity index is 766. The van der Waals surface area contributed by atoms with Crippen LogP contribution in [0.3, 0.4) is 0 Å². The number of hydrogen-bond donors (Lipinski definition) is 2. The van der Waals surface area contributed by atoms with Crippen molar-refractivity contribution >= 4 is 34.3 Å². The number of ether oxygens (including phenoxy) is 1. The summed E-state index contributed by atoms with van der Waals surface area (Å²) in [7, 11) is 0. The van der Waals surface area contributed by atoms with E-state index in [1.165, 1.54) is 0 Å². The van der Waals surface area contributed by atoms with Gasteiger partial charge in [0.05, 0.1) is 5.41 Å². The maximum Gasteiger partial charge on any atom is 0.239 e. The van der Waals surface area contributed by atoms with E-state index in [4.69, 9.17) is 22.1 Å². The van der Waals surface area contributed by atoms with Crippen molar-refractivity contribution < 1.29 is 14.3 Å². The molecule has 0 saturated carbocycles. The lowest BCUT2D eigenvalue weighted by atomic mass is 9.79. The fraction of sp³-hybridized carbons (Fsp3) is 0.412. The average molecular weight is 350 g/mol. The summed E-state index contributed by atoms with van der Waals surface area (Å²) in [5, 5.41) is 4.48. The number of aromatic nitrogens is 1. The SMILES string of the molecule is NC(=O)C1(CNC(=O)Cn2ccc3ccc(Cl)cc32)CCOCC1. The van der Waals surface area contributed by atoms with Crippen LogP contribution >= 0.6 is 11.6 Å². The van der Waals surface area contributed by atoms with Crippen molar-refractivity contribution in [2.75, 3.05) is 19.8 Å². The molecule has 2 heterocycles. The Hall–Kier alpha value is -2.05. The highest BCUT2D eigenvalue weighted by atomic mass is 35.5. The van der Waals surface area contributed by atoms with Crippen LogP contribution < -0.4 is 11.1 Å². The van der Waals surface area contributed by atoms with Gasteiger partial charge in [-0.1, -0.05) is 17.7 Å². The molecule has 0 aliphatic carbocycles. The van der Waals surface area contributed by atoms with Gasteiger partial charge in [0.15, 0.2) is 0 Å². The molecule has 3 N–H and O–H groups in total. The zero-order valence-corrected chi connectivity index (χ0v) is 14.0. The Balaban J connectivity index is 1.66. The van der Waals surface area contributed by atoms with Crippen LogP contribution in [-0.4, -0.2) is 36.1 Å². The summed E-state index contributed by atoms with van der Waals surface area (Å²) in [6.45, 7) is 1.37. The maximum absolute atomic E-state index is 12.3. The van der Waals surface area contributed by atoms with Gasteiger partial charge in [0.1, 0.15) is 6.54 Å². The molecule has 1 fully saturated rings. The number of hydrogen-bond acceptors (Lipinski definition) is 3. The standard InChI is InChI=1S/C17H20ClN3O3/c18-13-2-1-12-3-6-21(14(12)9-13)10-15(22)20-11-17(16(19)23)4-7-24-8-5-17/h1-3,6,9H,4-5,7-8,10-11H2,(H2,19,23)(H,20,22). The summed E-state index contributed by atoms with van der Waals surface area (Å²) < 4.78 is 7.12. The van der Waals surface area contributed by atoms with Gasteiger partial charge in [0.25, 0.3) is 0 Å². The minimum absolute atomic E-state index is 0.162. The number of carbonyl (C=O) groups is 2. The highest BCUT2D eigenvalue weighted by molar-refractivity contribution is 6.31.